The summed E-state index contributed by atoms with van der Waals surface area (Å²) in [5.41, 5.74) is 1.92. The van der Waals surface area contributed by atoms with Crippen molar-refractivity contribution in [1.82, 2.24) is 4.90 Å². The van der Waals surface area contributed by atoms with E-state index in [1.165, 1.54) is 25.1 Å². The van der Waals surface area contributed by atoms with Gasteiger partial charge in [0.25, 0.3) is 5.91 Å². The maximum absolute atomic E-state index is 13.8. The summed E-state index contributed by atoms with van der Waals surface area (Å²) in [5.74, 6) is -0.668. The topological polar surface area (TPSA) is 85.4 Å². The summed E-state index contributed by atoms with van der Waals surface area (Å²) in [7, 11) is 2.61. The highest BCUT2D eigenvalue weighted by atomic mass is 32.1. The minimum atomic E-state index is -4.50. The molecule has 1 atom stereocenters. The molecule has 2 heterocycles. The van der Waals surface area contributed by atoms with Crippen LogP contribution in [0.4, 0.5) is 23.7 Å². The lowest BCUT2D eigenvalue weighted by molar-refractivity contribution is -0.144. The van der Waals surface area contributed by atoms with Gasteiger partial charge in [0.05, 0.1) is 19.2 Å². The summed E-state index contributed by atoms with van der Waals surface area (Å²) < 4.78 is 57.6. The normalized spacial score (nSPS) is 13.7. The smallest absolute Gasteiger partial charge is 0.426 e. The SMILES string of the molecule is COC(=O)C[C@H](C(=O)N1CCc2cc(OCc3cc(-c4ccccc4)c(C(F)(F)F)s3)cc(C)c21)N(C)C(=O)OC(C)(C)C. The Kier molecular flexibility index (Phi) is 9.62. The highest BCUT2D eigenvalue weighted by Crippen LogP contribution is 2.43. The molecular formula is C32H35F3N2O6S. The quantitative estimate of drug-likeness (QED) is 0.249. The van der Waals surface area contributed by atoms with Crippen LogP contribution in [-0.4, -0.2) is 55.2 Å². The molecule has 0 saturated carbocycles. The van der Waals surface area contributed by atoms with E-state index in [0.717, 1.165) is 10.5 Å². The zero-order chi connectivity index (χ0) is 32.4. The van der Waals surface area contributed by atoms with E-state index in [9.17, 15) is 27.6 Å². The number of alkyl halides is 3. The van der Waals surface area contributed by atoms with E-state index in [1.54, 1.807) is 70.2 Å². The average molecular weight is 633 g/mol. The Balaban J connectivity index is 1.55. The molecule has 236 valence electrons. The van der Waals surface area contributed by atoms with Gasteiger partial charge in [-0.15, -0.1) is 11.3 Å². The van der Waals surface area contributed by atoms with E-state index in [1.807, 2.05) is 0 Å². The Hall–Kier alpha value is -4.06. The summed E-state index contributed by atoms with van der Waals surface area (Å²) in [6.07, 6.45) is -5.13. The van der Waals surface area contributed by atoms with E-state index in [0.29, 0.717) is 51.7 Å². The summed E-state index contributed by atoms with van der Waals surface area (Å²) >= 11 is 0.649. The number of halogens is 3. The molecule has 0 bridgehead atoms. The van der Waals surface area contributed by atoms with Gasteiger partial charge in [-0.05, 0) is 69.0 Å². The molecule has 0 N–H and O–H groups in total. The van der Waals surface area contributed by atoms with Crippen LogP contribution in [-0.2, 0) is 38.3 Å². The average Bonchev–Trinajstić information content (AvgIpc) is 3.59. The summed E-state index contributed by atoms with van der Waals surface area (Å²) in [4.78, 5) is 41.2. The van der Waals surface area contributed by atoms with Crippen LogP contribution in [0.5, 0.6) is 5.75 Å². The van der Waals surface area contributed by atoms with Crippen molar-refractivity contribution in [2.24, 2.45) is 0 Å². The van der Waals surface area contributed by atoms with Gasteiger partial charge in [-0.25, -0.2) is 4.79 Å². The first kappa shape index (κ1) is 32.8. The molecule has 0 fully saturated rings. The van der Waals surface area contributed by atoms with Gasteiger partial charge in [0, 0.05) is 24.0 Å². The van der Waals surface area contributed by atoms with Crippen LogP contribution >= 0.6 is 11.3 Å². The molecule has 3 aromatic rings. The van der Waals surface area contributed by atoms with Crippen molar-refractivity contribution in [1.29, 1.82) is 0 Å². The number of esters is 1. The van der Waals surface area contributed by atoms with Gasteiger partial charge < -0.3 is 19.1 Å². The van der Waals surface area contributed by atoms with Crippen LogP contribution in [0.3, 0.4) is 0 Å². The number of hydrogen-bond donors (Lipinski definition) is 0. The zero-order valence-corrected chi connectivity index (χ0v) is 26.2. The lowest BCUT2D eigenvalue weighted by Gasteiger charge is -2.32. The minimum absolute atomic E-state index is 0.0661. The Labute approximate surface area is 258 Å². The molecule has 44 heavy (non-hydrogen) atoms. The number of carbonyl (C=O) groups is 3. The standard InChI is InChI=1S/C32H35F3N2O6S/c1-19-14-22(42-18-23-16-24(20-10-8-7-9-11-20)28(44-23)32(33,34)35)15-21-12-13-37(27(19)21)29(39)25(17-26(38)41-6)36(5)30(40)43-31(2,3)4/h7-11,14-16,25H,12-13,17-18H2,1-6H3/t25-/m1/s1. The van der Waals surface area contributed by atoms with Crippen LogP contribution < -0.4 is 9.64 Å². The van der Waals surface area contributed by atoms with Crippen molar-refractivity contribution in [3.05, 3.63) is 69.4 Å². The van der Waals surface area contributed by atoms with E-state index >= 15 is 0 Å². The van der Waals surface area contributed by atoms with Gasteiger partial charge in [-0.2, -0.15) is 13.2 Å². The third-order valence-electron chi connectivity index (χ3n) is 7.02. The number of rotatable bonds is 8. The number of amides is 2. The highest BCUT2D eigenvalue weighted by molar-refractivity contribution is 7.12. The molecule has 12 heteroatoms. The van der Waals surface area contributed by atoms with Gasteiger partial charge in [0.15, 0.2) is 0 Å². The maximum Gasteiger partial charge on any atom is 0.426 e. The maximum atomic E-state index is 13.8. The molecule has 0 aliphatic carbocycles. The number of likely N-dealkylation sites (N-methyl/N-ethyl adjacent to an activating group) is 1. The van der Waals surface area contributed by atoms with Crippen molar-refractivity contribution in [2.75, 3.05) is 25.6 Å². The van der Waals surface area contributed by atoms with Crippen LogP contribution in [0.2, 0.25) is 0 Å². The first-order valence-electron chi connectivity index (χ1n) is 13.9. The molecule has 0 radical (unpaired) electrons. The van der Waals surface area contributed by atoms with Crippen molar-refractivity contribution in [3.63, 3.8) is 0 Å². The molecule has 2 amide bonds. The lowest BCUT2D eigenvalue weighted by atomic mass is 10.1. The van der Waals surface area contributed by atoms with Crippen molar-refractivity contribution < 1.29 is 41.8 Å². The fourth-order valence-corrected chi connectivity index (χ4v) is 5.98. The van der Waals surface area contributed by atoms with Gasteiger partial charge in [0.1, 0.15) is 28.9 Å². The number of hydrogen-bond acceptors (Lipinski definition) is 7. The summed E-state index contributed by atoms with van der Waals surface area (Å²) in [6, 6.07) is 12.2. The predicted molar refractivity (Wildman–Crippen MR) is 161 cm³/mol. The second-order valence-corrected chi connectivity index (χ2v) is 12.6. The van der Waals surface area contributed by atoms with Crippen molar-refractivity contribution >= 4 is 35.0 Å². The number of anilines is 1. The molecular weight excluding hydrogens is 597 g/mol. The Bertz CT molecular complexity index is 1530. The van der Waals surface area contributed by atoms with Crippen LogP contribution in [0.15, 0.2) is 48.5 Å². The number of benzene rings is 2. The Morgan fingerprint density at radius 2 is 1.75 bits per heavy atom. The molecule has 0 unspecified atom stereocenters. The van der Waals surface area contributed by atoms with Crippen molar-refractivity contribution in [3.8, 4) is 16.9 Å². The zero-order valence-electron chi connectivity index (χ0n) is 25.4. The van der Waals surface area contributed by atoms with Gasteiger partial charge in [0.2, 0.25) is 0 Å². The first-order chi connectivity index (χ1) is 20.6. The Morgan fingerprint density at radius 1 is 1.07 bits per heavy atom. The minimum Gasteiger partial charge on any atom is -0.488 e. The largest absolute Gasteiger partial charge is 0.488 e. The van der Waals surface area contributed by atoms with Crippen LogP contribution in [0.1, 0.15) is 48.1 Å². The van der Waals surface area contributed by atoms with Gasteiger partial charge in [-0.3, -0.25) is 14.5 Å². The lowest BCUT2D eigenvalue weighted by Crippen LogP contribution is -2.51. The molecule has 1 aliphatic heterocycles. The molecule has 0 saturated heterocycles. The van der Waals surface area contributed by atoms with E-state index in [-0.39, 0.29) is 18.6 Å². The van der Waals surface area contributed by atoms with Gasteiger partial charge >= 0.3 is 18.2 Å². The number of ether oxygens (including phenoxy) is 3. The Morgan fingerprint density at radius 3 is 2.36 bits per heavy atom. The molecule has 4 rings (SSSR count). The third kappa shape index (κ3) is 7.53. The van der Waals surface area contributed by atoms with Gasteiger partial charge in [-0.1, -0.05) is 30.3 Å². The number of methoxy groups -OCH3 is 1. The molecule has 8 nitrogen and oxygen atoms in total. The van der Waals surface area contributed by atoms with Crippen LogP contribution in [0.25, 0.3) is 11.1 Å². The number of thiophene rings is 1. The molecule has 0 spiro atoms. The monoisotopic (exact) mass is 632 g/mol. The second-order valence-electron chi connectivity index (χ2n) is 11.5. The van der Waals surface area contributed by atoms with E-state index in [2.05, 4.69) is 0 Å². The number of fused-ring (bicyclic) bond motifs is 1. The van der Waals surface area contributed by atoms with Crippen molar-refractivity contribution in [2.45, 2.75) is 65.0 Å². The second kappa shape index (κ2) is 12.9. The van der Waals surface area contributed by atoms with Crippen LogP contribution in [0, 0.1) is 6.92 Å². The first-order valence-corrected chi connectivity index (χ1v) is 14.8. The number of aryl methyl sites for hydroxylation is 1. The van der Waals surface area contributed by atoms with E-state index < -0.39 is 40.7 Å². The third-order valence-corrected chi connectivity index (χ3v) is 8.18. The fourth-order valence-electron chi connectivity index (χ4n) is 5.02. The van der Waals surface area contributed by atoms with E-state index in [4.69, 9.17) is 14.2 Å². The summed E-state index contributed by atoms with van der Waals surface area (Å²) in [6.45, 7) is 7.13. The molecule has 1 aliphatic rings. The predicted octanol–water partition coefficient (Wildman–Crippen LogP) is 7.01. The molecule has 2 aromatic carbocycles. The number of carbonyl (C=O) groups excluding carboxylic acids is 3. The fraction of sp³-hybridized carbons (Fsp3) is 0.406. The highest BCUT2D eigenvalue weighted by Gasteiger charge is 2.39. The summed E-state index contributed by atoms with van der Waals surface area (Å²) in [5, 5.41) is 0. The number of nitrogens with zero attached hydrogens (tertiary/aromatic N) is 2. The molecule has 1 aromatic heterocycles.